The molecular formula is C27H34F3N3O5S. The van der Waals surface area contributed by atoms with Crippen LogP contribution in [0.1, 0.15) is 50.2 Å². The lowest BCUT2D eigenvalue weighted by Crippen LogP contribution is -2.53. The van der Waals surface area contributed by atoms with Crippen molar-refractivity contribution in [3.63, 3.8) is 0 Å². The average Bonchev–Trinajstić information content (AvgIpc) is 3.39. The number of nitrogens with zero attached hydrogens (tertiary/aromatic N) is 2. The molecular weight excluding hydrogens is 535 g/mol. The third-order valence-corrected chi connectivity index (χ3v) is 7.86. The highest BCUT2D eigenvalue weighted by Crippen LogP contribution is 2.32. The maximum absolute atomic E-state index is 13.7. The van der Waals surface area contributed by atoms with Crippen LogP contribution in [0.2, 0.25) is 0 Å². The molecule has 1 aliphatic carbocycles. The first kappa shape index (κ1) is 30.3. The minimum atomic E-state index is -4.70. The number of rotatable bonds is 11. The summed E-state index contributed by atoms with van der Waals surface area (Å²) in [4.78, 5) is 28.3. The highest BCUT2D eigenvalue weighted by molar-refractivity contribution is 7.92. The van der Waals surface area contributed by atoms with Crippen molar-refractivity contribution in [1.82, 2.24) is 10.2 Å². The number of methoxy groups -OCH3 is 1. The highest BCUT2D eigenvalue weighted by atomic mass is 32.2. The normalized spacial score (nSPS) is 15.0. The van der Waals surface area contributed by atoms with Crippen molar-refractivity contribution in [3.05, 3.63) is 59.7 Å². The number of ether oxygens (including phenoxy) is 1. The largest absolute Gasteiger partial charge is 0.497 e. The molecule has 3 rings (SSSR count). The summed E-state index contributed by atoms with van der Waals surface area (Å²) in [7, 11) is -2.67. The number of carbonyl (C=O) groups is 2. The van der Waals surface area contributed by atoms with Crippen LogP contribution in [0.4, 0.5) is 18.9 Å². The van der Waals surface area contributed by atoms with E-state index in [4.69, 9.17) is 4.74 Å². The van der Waals surface area contributed by atoms with E-state index in [-0.39, 0.29) is 30.6 Å². The van der Waals surface area contributed by atoms with Crippen molar-refractivity contribution in [2.24, 2.45) is 0 Å². The van der Waals surface area contributed by atoms with Crippen LogP contribution in [0.15, 0.2) is 48.5 Å². The van der Waals surface area contributed by atoms with E-state index in [0.29, 0.717) is 21.7 Å². The van der Waals surface area contributed by atoms with Crippen LogP contribution in [0.5, 0.6) is 5.75 Å². The smallest absolute Gasteiger partial charge is 0.416 e. The van der Waals surface area contributed by atoms with Gasteiger partial charge in [0.25, 0.3) is 0 Å². The van der Waals surface area contributed by atoms with Gasteiger partial charge in [0.2, 0.25) is 21.8 Å². The molecule has 0 aromatic heterocycles. The van der Waals surface area contributed by atoms with Crippen molar-refractivity contribution in [2.45, 2.75) is 63.8 Å². The van der Waals surface area contributed by atoms with E-state index >= 15 is 0 Å². The molecule has 12 heteroatoms. The van der Waals surface area contributed by atoms with E-state index in [1.54, 1.807) is 31.2 Å². The zero-order valence-electron chi connectivity index (χ0n) is 22.2. The molecule has 1 N–H and O–H groups in total. The van der Waals surface area contributed by atoms with Crippen LogP contribution in [0, 0.1) is 0 Å². The predicted molar refractivity (Wildman–Crippen MR) is 142 cm³/mol. The number of carbonyl (C=O) groups excluding carboxylic acids is 2. The zero-order valence-corrected chi connectivity index (χ0v) is 23.0. The van der Waals surface area contributed by atoms with Crippen LogP contribution in [-0.2, 0) is 32.3 Å². The van der Waals surface area contributed by atoms with Gasteiger partial charge in [-0.3, -0.25) is 13.9 Å². The molecule has 214 valence electrons. The lowest BCUT2D eigenvalue weighted by atomic mass is 10.1. The summed E-state index contributed by atoms with van der Waals surface area (Å²) in [6.45, 7) is 0.927. The summed E-state index contributed by atoms with van der Waals surface area (Å²) in [5.41, 5.74) is -0.707. The molecule has 0 saturated heterocycles. The molecule has 2 amide bonds. The summed E-state index contributed by atoms with van der Waals surface area (Å²) in [5, 5.41) is 3.00. The fourth-order valence-corrected chi connectivity index (χ4v) is 5.55. The standard InChI is InChI=1S/C27H34F3N3O5S/c1-4-24(26(35)31-21-11-5-6-12-21)32(17-19-9-7-14-23(15-19)38-2)25(34)18-33(39(3,36)37)22-13-8-10-20(16-22)27(28,29)30/h7-10,13-16,21,24H,4-6,11-12,17-18H2,1-3H3,(H,31,35)/t24-/m0/s1. The first-order chi connectivity index (χ1) is 18.3. The van der Waals surface area contributed by atoms with E-state index in [1.807, 2.05) is 0 Å². The van der Waals surface area contributed by atoms with Gasteiger partial charge in [-0.1, -0.05) is 38.0 Å². The second-order valence-corrected chi connectivity index (χ2v) is 11.5. The topological polar surface area (TPSA) is 96.0 Å². The molecule has 1 saturated carbocycles. The first-order valence-electron chi connectivity index (χ1n) is 12.7. The third kappa shape index (κ3) is 8.11. The van der Waals surface area contributed by atoms with Gasteiger partial charge < -0.3 is 15.0 Å². The molecule has 0 bridgehead atoms. The lowest BCUT2D eigenvalue weighted by Gasteiger charge is -2.33. The summed E-state index contributed by atoms with van der Waals surface area (Å²) < 4.78 is 71.2. The Bertz CT molecular complexity index is 1260. The van der Waals surface area contributed by atoms with Gasteiger partial charge in [0.1, 0.15) is 18.3 Å². The van der Waals surface area contributed by atoms with Gasteiger partial charge in [-0.25, -0.2) is 8.42 Å². The molecule has 8 nitrogen and oxygen atoms in total. The molecule has 1 fully saturated rings. The Morgan fingerprint density at radius 3 is 2.36 bits per heavy atom. The maximum atomic E-state index is 13.7. The van der Waals surface area contributed by atoms with Crippen LogP contribution < -0.4 is 14.4 Å². The molecule has 0 radical (unpaired) electrons. The number of alkyl halides is 3. The maximum Gasteiger partial charge on any atom is 0.416 e. The quantitative estimate of drug-likeness (QED) is 0.434. The van der Waals surface area contributed by atoms with Crippen molar-refractivity contribution in [3.8, 4) is 5.75 Å². The minimum Gasteiger partial charge on any atom is -0.497 e. The number of halogens is 3. The SMILES string of the molecule is CC[C@@H](C(=O)NC1CCCC1)N(Cc1cccc(OC)c1)C(=O)CN(c1cccc(C(F)(F)F)c1)S(C)(=O)=O. The zero-order chi connectivity index (χ0) is 28.8. The van der Waals surface area contributed by atoms with E-state index in [1.165, 1.54) is 18.1 Å². The number of sulfonamides is 1. The summed E-state index contributed by atoms with van der Waals surface area (Å²) in [5.74, 6) is -0.551. The van der Waals surface area contributed by atoms with E-state index in [0.717, 1.165) is 44.1 Å². The number of hydrogen-bond acceptors (Lipinski definition) is 5. The molecule has 0 unspecified atom stereocenters. The Balaban J connectivity index is 1.97. The van der Waals surface area contributed by atoms with Gasteiger partial charge in [0.05, 0.1) is 24.6 Å². The molecule has 0 heterocycles. The third-order valence-electron chi connectivity index (χ3n) is 6.72. The van der Waals surface area contributed by atoms with Crippen molar-refractivity contribution < 1.29 is 35.9 Å². The number of anilines is 1. The Hall–Kier alpha value is -3.28. The lowest BCUT2D eigenvalue weighted by molar-refractivity contribution is -0.140. The Kier molecular flexibility index (Phi) is 9.87. The van der Waals surface area contributed by atoms with Crippen LogP contribution in [0.25, 0.3) is 0 Å². The monoisotopic (exact) mass is 569 g/mol. The molecule has 0 spiro atoms. The number of nitrogens with one attached hydrogen (secondary N) is 1. The number of benzene rings is 2. The van der Waals surface area contributed by atoms with E-state index < -0.39 is 40.3 Å². The van der Waals surface area contributed by atoms with Crippen molar-refractivity contribution in [2.75, 3.05) is 24.2 Å². The van der Waals surface area contributed by atoms with Gasteiger partial charge in [-0.2, -0.15) is 13.2 Å². The predicted octanol–water partition coefficient (Wildman–Crippen LogP) is 4.35. The van der Waals surface area contributed by atoms with Gasteiger partial charge in [-0.15, -0.1) is 0 Å². The Morgan fingerprint density at radius 2 is 1.77 bits per heavy atom. The van der Waals surface area contributed by atoms with Gasteiger partial charge in [0.15, 0.2) is 0 Å². The molecule has 2 aromatic carbocycles. The molecule has 1 atom stereocenters. The number of amides is 2. The van der Waals surface area contributed by atoms with Crippen LogP contribution in [0.3, 0.4) is 0 Å². The van der Waals surface area contributed by atoms with Gasteiger partial charge in [0, 0.05) is 12.6 Å². The van der Waals surface area contributed by atoms with E-state index in [9.17, 15) is 31.2 Å². The fourth-order valence-electron chi connectivity index (χ4n) is 4.71. The highest BCUT2D eigenvalue weighted by Gasteiger charge is 2.35. The van der Waals surface area contributed by atoms with Crippen LogP contribution >= 0.6 is 0 Å². The first-order valence-corrected chi connectivity index (χ1v) is 14.6. The van der Waals surface area contributed by atoms with Gasteiger partial charge >= 0.3 is 6.18 Å². The average molecular weight is 570 g/mol. The van der Waals surface area contributed by atoms with Crippen LogP contribution in [-0.4, -0.2) is 57.1 Å². The minimum absolute atomic E-state index is 0.00190. The summed E-state index contributed by atoms with van der Waals surface area (Å²) >= 11 is 0. The molecule has 39 heavy (non-hydrogen) atoms. The van der Waals surface area contributed by atoms with E-state index in [2.05, 4.69) is 5.32 Å². The van der Waals surface area contributed by atoms with Crippen molar-refractivity contribution in [1.29, 1.82) is 0 Å². The second-order valence-electron chi connectivity index (χ2n) is 9.60. The molecule has 1 aliphatic rings. The summed E-state index contributed by atoms with van der Waals surface area (Å²) in [6, 6.07) is 9.74. The van der Waals surface area contributed by atoms with Gasteiger partial charge in [-0.05, 0) is 55.2 Å². The number of hydrogen-bond donors (Lipinski definition) is 1. The Labute approximate surface area is 227 Å². The Morgan fingerprint density at radius 1 is 1.10 bits per heavy atom. The summed E-state index contributed by atoms with van der Waals surface area (Å²) in [6.07, 6.45) is 0.0246. The molecule has 2 aromatic rings. The fraction of sp³-hybridized carbons (Fsp3) is 0.481. The second kappa shape index (κ2) is 12.7. The molecule has 0 aliphatic heterocycles. The van der Waals surface area contributed by atoms with Crippen molar-refractivity contribution >= 4 is 27.5 Å².